The zero-order valence-electron chi connectivity index (χ0n) is 17.4. The van der Waals surface area contributed by atoms with Gasteiger partial charge < -0.3 is 20.1 Å². The van der Waals surface area contributed by atoms with Crippen LogP contribution in [0.2, 0.25) is 0 Å². The van der Waals surface area contributed by atoms with Crippen molar-refractivity contribution in [1.29, 1.82) is 0 Å². The van der Waals surface area contributed by atoms with Crippen LogP contribution in [-0.4, -0.2) is 31.6 Å². The molecular weight excluding hydrogens is 420 g/mol. The summed E-state index contributed by atoms with van der Waals surface area (Å²) in [5.41, 5.74) is 3.24. The number of para-hydroxylation sites is 3. The van der Waals surface area contributed by atoms with E-state index in [0.29, 0.717) is 22.7 Å². The van der Waals surface area contributed by atoms with Gasteiger partial charge in [-0.3, -0.25) is 9.59 Å². The molecule has 3 N–H and O–H groups in total. The number of benzene rings is 3. The van der Waals surface area contributed by atoms with Gasteiger partial charge in [0, 0.05) is 6.07 Å². The van der Waals surface area contributed by atoms with E-state index in [-0.39, 0.29) is 12.1 Å². The number of nitrogens with one attached hydrogen (secondary N) is 2. The normalized spacial score (nSPS) is 12.0. The van der Waals surface area contributed by atoms with Crippen molar-refractivity contribution >= 4 is 28.6 Å². The van der Waals surface area contributed by atoms with Crippen LogP contribution in [0.25, 0.3) is 16.7 Å². The molecule has 0 saturated heterocycles. The fourth-order valence-electron chi connectivity index (χ4n) is 3.75. The summed E-state index contributed by atoms with van der Waals surface area (Å²) in [6.07, 6.45) is -0.283. The first-order chi connectivity index (χ1) is 16.1. The first-order valence-electron chi connectivity index (χ1n) is 10.4. The highest BCUT2D eigenvalue weighted by molar-refractivity contribution is 5.95. The summed E-state index contributed by atoms with van der Waals surface area (Å²) in [5.74, 6) is -0.284. The lowest BCUT2D eigenvalue weighted by Gasteiger charge is -2.18. The maximum absolute atomic E-state index is 13.0. The fourth-order valence-corrected chi connectivity index (χ4v) is 3.75. The molecule has 5 aromatic rings. The first-order valence-corrected chi connectivity index (χ1v) is 10.4. The van der Waals surface area contributed by atoms with Crippen molar-refractivity contribution in [3.63, 3.8) is 0 Å². The van der Waals surface area contributed by atoms with Gasteiger partial charge in [0.2, 0.25) is 0 Å². The molecule has 2 aromatic heterocycles. The van der Waals surface area contributed by atoms with E-state index in [1.807, 2.05) is 54.6 Å². The van der Waals surface area contributed by atoms with Gasteiger partial charge >= 0.3 is 5.97 Å². The largest absolute Gasteiger partial charge is 0.481 e. The molecule has 164 valence electrons. The highest BCUT2D eigenvalue weighted by atomic mass is 16.5. The Morgan fingerprint density at radius 3 is 2.55 bits per heavy atom. The van der Waals surface area contributed by atoms with Crippen molar-refractivity contribution in [2.75, 3.05) is 0 Å². The van der Waals surface area contributed by atoms with E-state index in [4.69, 9.17) is 4.74 Å². The zero-order chi connectivity index (χ0) is 22.8. The van der Waals surface area contributed by atoms with E-state index >= 15 is 0 Å². The van der Waals surface area contributed by atoms with Gasteiger partial charge in [-0.05, 0) is 42.0 Å². The lowest BCUT2D eigenvalue weighted by Crippen LogP contribution is -2.30. The summed E-state index contributed by atoms with van der Waals surface area (Å²) >= 11 is 0. The molecule has 1 unspecified atom stereocenters. The minimum atomic E-state index is -1.03. The average molecular weight is 440 g/mol. The molecule has 5 rings (SSSR count). The number of aromatic nitrogens is 3. The third-order valence-corrected chi connectivity index (χ3v) is 5.26. The van der Waals surface area contributed by atoms with Crippen LogP contribution in [0.1, 0.15) is 28.5 Å². The number of hydrogen-bond donors (Lipinski definition) is 3. The smallest absolute Gasteiger partial charge is 0.305 e. The molecule has 1 atom stereocenters. The number of carboxylic acids is 1. The second-order valence-electron chi connectivity index (χ2n) is 7.58. The topological polar surface area (TPSA) is 109 Å². The molecule has 1 amide bonds. The SMILES string of the molecule is O=C(O)CC(NC(=O)c1cc2[nH]c3ccccc3n2n1)c1cccc(Oc2ccccc2)c1. The Labute approximate surface area is 188 Å². The summed E-state index contributed by atoms with van der Waals surface area (Å²) in [6, 6.07) is 24.8. The Balaban J connectivity index is 1.40. The van der Waals surface area contributed by atoms with E-state index in [1.165, 1.54) is 0 Å². The number of fused-ring (bicyclic) bond motifs is 3. The van der Waals surface area contributed by atoms with Gasteiger partial charge in [0.05, 0.1) is 23.5 Å². The van der Waals surface area contributed by atoms with Crippen LogP contribution >= 0.6 is 0 Å². The number of carboxylic acid groups (broad SMARTS) is 1. The van der Waals surface area contributed by atoms with Gasteiger partial charge in [-0.25, -0.2) is 4.52 Å². The zero-order valence-corrected chi connectivity index (χ0v) is 17.4. The maximum Gasteiger partial charge on any atom is 0.305 e. The quantitative estimate of drug-likeness (QED) is 0.344. The number of carbonyl (C=O) groups is 2. The highest BCUT2D eigenvalue weighted by Crippen LogP contribution is 2.26. The van der Waals surface area contributed by atoms with E-state index in [9.17, 15) is 14.7 Å². The van der Waals surface area contributed by atoms with Gasteiger partial charge in [-0.1, -0.05) is 42.5 Å². The van der Waals surface area contributed by atoms with Gasteiger partial charge in [0.25, 0.3) is 5.91 Å². The number of ether oxygens (including phenoxy) is 1. The number of aromatic amines is 1. The monoisotopic (exact) mass is 440 g/mol. The lowest BCUT2D eigenvalue weighted by atomic mass is 10.0. The van der Waals surface area contributed by atoms with Crippen molar-refractivity contribution in [1.82, 2.24) is 19.9 Å². The van der Waals surface area contributed by atoms with Crippen molar-refractivity contribution in [2.45, 2.75) is 12.5 Å². The van der Waals surface area contributed by atoms with Crippen LogP contribution in [0.5, 0.6) is 11.5 Å². The Kier molecular flexibility index (Phi) is 5.24. The Hall–Kier alpha value is -4.59. The number of amides is 1. The summed E-state index contributed by atoms with van der Waals surface area (Å²) in [5, 5.41) is 16.6. The predicted octanol–water partition coefficient (Wildman–Crippen LogP) is 4.55. The number of nitrogens with zero attached hydrogens (tertiary/aromatic N) is 2. The molecule has 0 bridgehead atoms. The summed E-state index contributed by atoms with van der Waals surface area (Å²) < 4.78 is 7.51. The molecular formula is C25H20N4O4. The first kappa shape index (κ1) is 20.3. The van der Waals surface area contributed by atoms with Gasteiger partial charge in [0.1, 0.15) is 17.1 Å². The van der Waals surface area contributed by atoms with Crippen LogP contribution in [0.4, 0.5) is 0 Å². The average Bonchev–Trinajstić information content (AvgIpc) is 3.38. The van der Waals surface area contributed by atoms with Crippen molar-refractivity contribution in [3.05, 3.63) is 96.2 Å². The van der Waals surface area contributed by atoms with Gasteiger partial charge in [-0.2, -0.15) is 5.10 Å². The Morgan fingerprint density at radius 2 is 1.73 bits per heavy atom. The van der Waals surface area contributed by atoms with Crippen molar-refractivity contribution < 1.29 is 19.4 Å². The minimum Gasteiger partial charge on any atom is -0.481 e. The van der Waals surface area contributed by atoms with Crippen molar-refractivity contribution in [3.8, 4) is 11.5 Å². The molecule has 2 heterocycles. The lowest BCUT2D eigenvalue weighted by molar-refractivity contribution is -0.137. The molecule has 0 spiro atoms. The van der Waals surface area contributed by atoms with Gasteiger partial charge in [-0.15, -0.1) is 0 Å². The summed E-state index contributed by atoms with van der Waals surface area (Å²) in [6.45, 7) is 0. The van der Waals surface area contributed by atoms with Crippen LogP contribution in [0, 0.1) is 0 Å². The van der Waals surface area contributed by atoms with Crippen LogP contribution in [0.15, 0.2) is 84.9 Å². The molecule has 8 heteroatoms. The number of H-pyrrole nitrogens is 1. The fraction of sp³-hybridized carbons (Fsp3) is 0.0800. The van der Waals surface area contributed by atoms with E-state index in [2.05, 4.69) is 15.4 Å². The number of hydrogen-bond acceptors (Lipinski definition) is 4. The second-order valence-corrected chi connectivity index (χ2v) is 7.58. The van der Waals surface area contributed by atoms with Gasteiger partial charge in [0.15, 0.2) is 5.69 Å². The molecule has 3 aromatic carbocycles. The molecule has 0 aliphatic heterocycles. The van der Waals surface area contributed by atoms with E-state index in [0.717, 1.165) is 11.0 Å². The molecule has 0 fully saturated rings. The minimum absolute atomic E-state index is 0.194. The van der Waals surface area contributed by atoms with E-state index in [1.54, 1.807) is 34.8 Å². The molecule has 0 saturated carbocycles. The molecule has 0 aliphatic carbocycles. The third-order valence-electron chi connectivity index (χ3n) is 5.26. The maximum atomic E-state index is 13.0. The molecule has 0 aliphatic rings. The van der Waals surface area contributed by atoms with Crippen LogP contribution in [-0.2, 0) is 4.79 Å². The van der Waals surface area contributed by atoms with Crippen LogP contribution in [0.3, 0.4) is 0 Å². The summed E-state index contributed by atoms with van der Waals surface area (Å²) in [4.78, 5) is 27.7. The predicted molar refractivity (Wildman–Crippen MR) is 122 cm³/mol. The highest BCUT2D eigenvalue weighted by Gasteiger charge is 2.22. The Morgan fingerprint density at radius 1 is 0.970 bits per heavy atom. The Bertz CT molecular complexity index is 1460. The number of imidazole rings is 1. The molecule has 8 nitrogen and oxygen atoms in total. The van der Waals surface area contributed by atoms with Crippen molar-refractivity contribution in [2.24, 2.45) is 0 Å². The second kappa shape index (κ2) is 8.51. The number of rotatable bonds is 7. The van der Waals surface area contributed by atoms with Crippen LogP contribution < -0.4 is 10.1 Å². The standard InChI is InChI=1S/C25H20N4O4/c30-24(31)15-20(16-7-6-10-18(13-16)33-17-8-2-1-3-9-17)27-25(32)21-14-23-26-19-11-4-5-12-22(19)29(23)28-21/h1-14,20,26H,15H2,(H,27,32)(H,30,31). The number of aliphatic carboxylic acids is 1. The molecule has 33 heavy (non-hydrogen) atoms. The number of carbonyl (C=O) groups excluding carboxylic acids is 1. The molecule has 0 radical (unpaired) electrons. The summed E-state index contributed by atoms with van der Waals surface area (Å²) in [7, 11) is 0. The third kappa shape index (κ3) is 4.27. The van der Waals surface area contributed by atoms with E-state index < -0.39 is 17.9 Å².